The van der Waals surface area contributed by atoms with Gasteiger partial charge < -0.3 is 30.0 Å². The molecule has 11 nitrogen and oxygen atoms in total. The number of nitrogens with one attached hydrogen (secondary N) is 2. The number of amides is 3. The summed E-state index contributed by atoms with van der Waals surface area (Å²) < 4.78 is 11.1. The Morgan fingerprint density at radius 1 is 1.05 bits per heavy atom. The first-order chi connectivity index (χ1) is 18.4. The van der Waals surface area contributed by atoms with Crippen LogP contribution in [0, 0.1) is 0 Å². The third-order valence-corrected chi connectivity index (χ3v) is 6.23. The maximum Gasteiger partial charge on any atom is 0.408 e. The number of carbonyl (C=O) groups excluding carboxylic acids is 4. The molecule has 1 aliphatic heterocycles. The number of rotatable bonds is 10. The number of likely N-dealkylation sites (tertiary alicyclic amines) is 1. The number of esters is 1. The van der Waals surface area contributed by atoms with E-state index in [0.717, 1.165) is 4.90 Å². The number of ether oxygens (including phenoxy) is 3. The highest BCUT2D eigenvalue weighted by Crippen LogP contribution is 2.33. The van der Waals surface area contributed by atoms with Crippen LogP contribution in [0.4, 0.5) is 4.79 Å². The molecule has 1 fully saturated rings. The Bertz CT molecular complexity index is 1140. The number of carbonyl (C=O) groups is 4. The Labute approximate surface area is 264 Å². The van der Waals surface area contributed by atoms with Crippen molar-refractivity contribution in [2.45, 2.75) is 32.0 Å². The number of nitrogens with zero attached hydrogens (tertiary/aromatic N) is 1. The first kappa shape index (κ1) is 34.7. The third kappa shape index (κ3) is 10.1. The van der Waals surface area contributed by atoms with Crippen molar-refractivity contribution >= 4 is 106 Å². The normalized spacial score (nSPS) is 18.7. The maximum atomic E-state index is 13.2. The number of β-lactam (4-membered cyclic amide) rings is 1. The van der Waals surface area contributed by atoms with E-state index in [9.17, 15) is 24.3 Å². The third-order valence-electron chi connectivity index (χ3n) is 5.05. The molecule has 0 saturated carbocycles. The van der Waals surface area contributed by atoms with Gasteiger partial charge in [0.1, 0.15) is 42.1 Å². The van der Waals surface area contributed by atoms with E-state index in [2.05, 4.69) is 23.3 Å². The number of hydrogen-bond acceptors (Lipinski definition) is 9. The van der Waals surface area contributed by atoms with Gasteiger partial charge in [0, 0.05) is 7.11 Å². The van der Waals surface area contributed by atoms with Gasteiger partial charge in [-0.3, -0.25) is 14.5 Å². The summed E-state index contributed by atoms with van der Waals surface area (Å²) in [6, 6.07) is 2.63. The number of hydrogen-bond donors (Lipinski definition) is 4. The predicted octanol–water partition coefficient (Wildman–Crippen LogP) is 3.95. The molecule has 0 radical (unpaired) electrons. The molecule has 2 rings (SSSR count). The quantitative estimate of drug-likeness (QED) is 0.0945. The molecule has 1 aliphatic rings. The zero-order chi connectivity index (χ0) is 30.4. The molecule has 3 amide bonds. The van der Waals surface area contributed by atoms with Gasteiger partial charge in [-0.25, -0.2) is 9.59 Å². The zero-order valence-corrected chi connectivity index (χ0v) is 26.1. The summed E-state index contributed by atoms with van der Waals surface area (Å²) in [6.45, 7) is 0.242. The van der Waals surface area contributed by atoms with Crippen LogP contribution in [0.1, 0.15) is 18.5 Å². The Balaban J connectivity index is 2.24. The minimum atomic E-state index is -1.90. The molecule has 0 aromatic heterocycles. The molecule has 222 valence electrons. The van der Waals surface area contributed by atoms with Crippen molar-refractivity contribution in [1.29, 1.82) is 0 Å². The number of aromatic hydroxyl groups is 1. The maximum absolute atomic E-state index is 13.2. The monoisotopic (exact) mass is 699 g/mol. The van der Waals surface area contributed by atoms with Crippen LogP contribution in [0.15, 0.2) is 35.5 Å². The highest BCUT2D eigenvalue weighted by atomic mass is 35.6. The second-order valence-electron chi connectivity index (χ2n) is 8.22. The largest absolute Gasteiger partial charge is 0.508 e. The second-order valence-corrected chi connectivity index (χ2v) is 13.8. The molecule has 1 aromatic carbocycles. The SMILES string of the molecule is COCC(C)=C(C(=O)OCC(Cl)(Cl)Cl)N1C(=O)C(NC(=O)C(NC(=O)OCC(Cl)(Cl)Cl)c2ccc(O)cc2)C1S. The summed E-state index contributed by atoms with van der Waals surface area (Å²) in [4.78, 5) is 52.4. The number of methoxy groups -OCH3 is 1. The first-order valence-corrected chi connectivity index (χ1v) is 13.8. The summed E-state index contributed by atoms with van der Waals surface area (Å²) in [7, 11) is 1.38. The van der Waals surface area contributed by atoms with Crippen LogP contribution in [0.3, 0.4) is 0 Å². The summed E-state index contributed by atoms with van der Waals surface area (Å²) in [5.74, 6) is -2.67. The number of alkyl halides is 6. The van der Waals surface area contributed by atoms with Crippen LogP contribution >= 0.6 is 82.2 Å². The van der Waals surface area contributed by atoms with Gasteiger partial charge in [0.25, 0.3) is 5.91 Å². The van der Waals surface area contributed by atoms with E-state index in [0.29, 0.717) is 5.57 Å². The van der Waals surface area contributed by atoms with Gasteiger partial charge in [-0.1, -0.05) is 81.7 Å². The van der Waals surface area contributed by atoms with E-state index in [1.54, 1.807) is 0 Å². The van der Waals surface area contributed by atoms with Crippen LogP contribution in [0.5, 0.6) is 5.75 Å². The molecule has 0 bridgehead atoms. The molecule has 3 unspecified atom stereocenters. The van der Waals surface area contributed by atoms with Crippen LogP contribution in [0.25, 0.3) is 0 Å². The molecule has 3 N–H and O–H groups in total. The molecule has 0 aliphatic carbocycles. The van der Waals surface area contributed by atoms with Crippen LogP contribution in [-0.2, 0) is 28.6 Å². The molecule has 0 spiro atoms. The van der Waals surface area contributed by atoms with Gasteiger partial charge in [-0.15, -0.1) is 0 Å². The van der Waals surface area contributed by atoms with Gasteiger partial charge in [-0.05, 0) is 30.2 Å². The van der Waals surface area contributed by atoms with E-state index >= 15 is 0 Å². The average molecular weight is 702 g/mol. The number of phenols is 1. The number of benzene rings is 1. The molecular formula is C22H23Cl6N3O8S. The van der Waals surface area contributed by atoms with Gasteiger partial charge in [0.2, 0.25) is 13.5 Å². The van der Waals surface area contributed by atoms with E-state index < -0.39 is 62.1 Å². The molecule has 1 heterocycles. The van der Waals surface area contributed by atoms with Crippen molar-refractivity contribution in [2.24, 2.45) is 0 Å². The topological polar surface area (TPSA) is 144 Å². The minimum Gasteiger partial charge on any atom is -0.508 e. The van der Waals surface area contributed by atoms with Gasteiger partial charge >= 0.3 is 12.1 Å². The van der Waals surface area contributed by atoms with E-state index in [-0.39, 0.29) is 23.6 Å². The van der Waals surface area contributed by atoms with E-state index in [4.69, 9.17) is 83.8 Å². The Morgan fingerprint density at radius 3 is 2.10 bits per heavy atom. The lowest BCUT2D eigenvalue weighted by Crippen LogP contribution is -2.69. The first-order valence-electron chi connectivity index (χ1n) is 11.0. The lowest BCUT2D eigenvalue weighted by Gasteiger charge is -2.45. The fourth-order valence-corrected chi connectivity index (χ4v) is 4.10. The van der Waals surface area contributed by atoms with Crippen molar-refractivity contribution in [3.8, 4) is 5.75 Å². The lowest BCUT2D eigenvalue weighted by atomic mass is 10.0. The highest BCUT2D eigenvalue weighted by Gasteiger charge is 2.51. The molecule has 40 heavy (non-hydrogen) atoms. The van der Waals surface area contributed by atoms with E-state index in [1.165, 1.54) is 38.3 Å². The summed E-state index contributed by atoms with van der Waals surface area (Å²) in [5.41, 5.74) is 0.303. The van der Waals surface area contributed by atoms with Crippen molar-refractivity contribution in [2.75, 3.05) is 26.9 Å². The standard InChI is InChI=1S/C22H23Cl6N3O8S/c1-10(7-37-2)15(19(35)38-8-21(23,24)25)31-17(34)14(18(31)40)29-16(33)13(11-3-5-12(32)6-4-11)30-20(36)39-9-22(26,27)28/h3-6,13-14,18,32,40H,7-9H2,1-2H3,(H,29,33)(H,30,36). The van der Waals surface area contributed by atoms with Gasteiger partial charge in [0.05, 0.1) is 6.61 Å². The average Bonchev–Trinajstić information content (AvgIpc) is 2.85. The molecule has 1 saturated heterocycles. The number of thiol groups is 1. The molecular weight excluding hydrogens is 679 g/mol. The number of alkyl carbamates (subject to hydrolysis) is 1. The van der Waals surface area contributed by atoms with Gasteiger partial charge in [0.15, 0.2) is 0 Å². The number of halogens is 6. The Morgan fingerprint density at radius 2 is 1.60 bits per heavy atom. The zero-order valence-electron chi connectivity index (χ0n) is 20.6. The second kappa shape index (κ2) is 14.6. The smallest absolute Gasteiger partial charge is 0.408 e. The van der Waals surface area contributed by atoms with Crippen molar-refractivity contribution in [1.82, 2.24) is 15.5 Å². The predicted molar refractivity (Wildman–Crippen MR) is 153 cm³/mol. The van der Waals surface area contributed by atoms with Crippen LogP contribution in [-0.4, -0.2) is 79.8 Å². The number of phenolic OH excluding ortho intramolecular Hbond substituents is 1. The van der Waals surface area contributed by atoms with Crippen molar-refractivity contribution in [3.05, 3.63) is 41.1 Å². The van der Waals surface area contributed by atoms with E-state index in [1.807, 2.05) is 0 Å². The summed E-state index contributed by atoms with van der Waals surface area (Å²) >= 11 is 38.1. The lowest BCUT2D eigenvalue weighted by molar-refractivity contribution is -0.152. The van der Waals surface area contributed by atoms with Crippen molar-refractivity contribution < 1.29 is 38.5 Å². The molecule has 1 aromatic rings. The van der Waals surface area contributed by atoms with Crippen LogP contribution in [0.2, 0.25) is 0 Å². The molecule has 18 heteroatoms. The van der Waals surface area contributed by atoms with Crippen LogP contribution < -0.4 is 10.6 Å². The summed E-state index contributed by atoms with van der Waals surface area (Å²) in [6.07, 6.45) is -1.11. The Kier molecular flexibility index (Phi) is 12.7. The summed E-state index contributed by atoms with van der Waals surface area (Å²) in [5, 5.41) is 13.3. The highest BCUT2D eigenvalue weighted by molar-refractivity contribution is 7.81. The minimum absolute atomic E-state index is 0.0529. The fourth-order valence-electron chi connectivity index (χ4n) is 3.34. The fraction of sp³-hybridized carbons (Fsp3) is 0.455. The van der Waals surface area contributed by atoms with Gasteiger partial charge in [-0.2, -0.15) is 12.6 Å². The molecule has 3 atom stereocenters. The van der Waals surface area contributed by atoms with Crippen molar-refractivity contribution in [3.63, 3.8) is 0 Å². The Hall–Kier alpha value is -1.51.